The molecule has 19 heavy (non-hydrogen) atoms. The lowest BCUT2D eigenvalue weighted by atomic mass is 10.1. The molecule has 1 aromatic carbocycles. The summed E-state index contributed by atoms with van der Waals surface area (Å²) >= 11 is 0. The number of amides is 1. The van der Waals surface area contributed by atoms with Crippen LogP contribution in [0, 0.1) is 5.82 Å². The molecule has 1 atom stereocenters. The molecule has 1 N–H and O–H groups in total. The lowest BCUT2D eigenvalue weighted by Crippen LogP contribution is -2.41. The first kappa shape index (κ1) is 15.1. The Morgan fingerprint density at radius 3 is 2.74 bits per heavy atom. The van der Waals surface area contributed by atoms with E-state index in [1.165, 1.54) is 25.3 Å². The van der Waals surface area contributed by atoms with Gasteiger partial charge in [0.15, 0.2) is 0 Å². The predicted octanol–water partition coefficient (Wildman–Crippen LogP) is 2.29. The first-order valence-corrected chi connectivity index (χ1v) is 6.22. The van der Waals surface area contributed by atoms with Crippen molar-refractivity contribution in [1.29, 1.82) is 0 Å². The van der Waals surface area contributed by atoms with Crippen LogP contribution < -0.4 is 5.32 Å². The van der Waals surface area contributed by atoms with E-state index in [9.17, 15) is 14.0 Å². The van der Waals surface area contributed by atoms with Crippen LogP contribution in [0.4, 0.5) is 4.39 Å². The van der Waals surface area contributed by atoms with E-state index in [2.05, 4.69) is 10.1 Å². The van der Waals surface area contributed by atoms with Crippen molar-refractivity contribution >= 4 is 11.9 Å². The quantitative estimate of drug-likeness (QED) is 0.804. The lowest BCUT2D eigenvalue weighted by molar-refractivity contribution is -0.143. The molecule has 0 radical (unpaired) electrons. The molecule has 0 aromatic heterocycles. The van der Waals surface area contributed by atoms with Crippen molar-refractivity contribution in [3.8, 4) is 0 Å². The third-order valence-corrected chi connectivity index (χ3v) is 2.72. The highest BCUT2D eigenvalue weighted by Gasteiger charge is 2.21. The van der Waals surface area contributed by atoms with Gasteiger partial charge in [-0.1, -0.05) is 25.8 Å². The van der Waals surface area contributed by atoms with Crippen LogP contribution >= 0.6 is 0 Å². The summed E-state index contributed by atoms with van der Waals surface area (Å²) in [4.78, 5) is 23.4. The van der Waals surface area contributed by atoms with Gasteiger partial charge in [-0.25, -0.2) is 9.18 Å². The van der Waals surface area contributed by atoms with Gasteiger partial charge in [-0.05, 0) is 24.6 Å². The van der Waals surface area contributed by atoms with Gasteiger partial charge in [0.25, 0.3) is 5.91 Å². The minimum absolute atomic E-state index is 0.186. The number of esters is 1. The minimum Gasteiger partial charge on any atom is -0.467 e. The van der Waals surface area contributed by atoms with Gasteiger partial charge < -0.3 is 10.1 Å². The molecular formula is C14H18FNO3. The molecule has 4 nitrogen and oxygen atoms in total. The van der Waals surface area contributed by atoms with Gasteiger partial charge in [0.2, 0.25) is 0 Å². The van der Waals surface area contributed by atoms with Crippen molar-refractivity contribution < 1.29 is 18.7 Å². The summed E-state index contributed by atoms with van der Waals surface area (Å²) in [5.74, 6) is -1.46. The van der Waals surface area contributed by atoms with Crippen LogP contribution in [0.1, 0.15) is 36.5 Å². The molecule has 0 saturated heterocycles. The fourth-order valence-electron chi connectivity index (χ4n) is 1.67. The molecule has 1 amide bonds. The topological polar surface area (TPSA) is 55.4 Å². The van der Waals surface area contributed by atoms with Crippen LogP contribution in [0.15, 0.2) is 24.3 Å². The van der Waals surface area contributed by atoms with E-state index in [0.717, 1.165) is 18.9 Å². The van der Waals surface area contributed by atoms with Crippen molar-refractivity contribution in [2.75, 3.05) is 7.11 Å². The van der Waals surface area contributed by atoms with Gasteiger partial charge in [0, 0.05) is 5.56 Å². The summed E-state index contributed by atoms with van der Waals surface area (Å²) in [5.41, 5.74) is 0.186. The van der Waals surface area contributed by atoms with E-state index in [1.807, 2.05) is 6.92 Å². The van der Waals surface area contributed by atoms with Crippen LogP contribution in [0.5, 0.6) is 0 Å². The second kappa shape index (κ2) is 7.51. The summed E-state index contributed by atoms with van der Waals surface area (Å²) in [6.07, 6.45) is 2.21. The van der Waals surface area contributed by atoms with Crippen molar-refractivity contribution in [3.05, 3.63) is 35.6 Å². The molecule has 0 fully saturated rings. The van der Waals surface area contributed by atoms with E-state index in [0.29, 0.717) is 6.42 Å². The molecule has 0 saturated carbocycles. The standard InChI is InChI=1S/C14H18FNO3/c1-3-4-8-12(14(18)19-2)16-13(17)10-6-5-7-11(15)9-10/h5-7,9,12H,3-4,8H2,1-2H3,(H,16,17)/t12-/m1/s1. The average molecular weight is 267 g/mol. The van der Waals surface area contributed by atoms with E-state index in [1.54, 1.807) is 0 Å². The third kappa shape index (κ3) is 4.69. The molecule has 0 aliphatic heterocycles. The number of hydrogen-bond donors (Lipinski definition) is 1. The Hall–Kier alpha value is -1.91. The number of methoxy groups -OCH3 is 1. The third-order valence-electron chi connectivity index (χ3n) is 2.72. The van der Waals surface area contributed by atoms with Gasteiger partial charge in [0.1, 0.15) is 11.9 Å². The van der Waals surface area contributed by atoms with Crippen LogP contribution in [-0.2, 0) is 9.53 Å². The zero-order valence-electron chi connectivity index (χ0n) is 11.1. The number of carbonyl (C=O) groups excluding carboxylic acids is 2. The Morgan fingerprint density at radius 1 is 1.42 bits per heavy atom. The molecule has 0 aliphatic rings. The number of halogens is 1. The molecule has 104 valence electrons. The highest BCUT2D eigenvalue weighted by atomic mass is 19.1. The van der Waals surface area contributed by atoms with Gasteiger partial charge >= 0.3 is 5.97 Å². The maximum atomic E-state index is 13.0. The Bertz CT molecular complexity index is 448. The zero-order valence-corrected chi connectivity index (χ0v) is 11.1. The molecule has 0 aliphatic carbocycles. The second-order valence-corrected chi connectivity index (χ2v) is 4.20. The summed E-state index contributed by atoms with van der Waals surface area (Å²) in [5, 5.41) is 2.57. The van der Waals surface area contributed by atoms with Crippen LogP contribution in [0.25, 0.3) is 0 Å². The van der Waals surface area contributed by atoms with E-state index < -0.39 is 23.7 Å². The molecular weight excluding hydrogens is 249 g/mol. The number of unbranched alkanes of at least 4 members (excludes halogenated alkanes) is 1. The maximum Gasteiger partial charge on any atom is 0.328 e. The normalized spacial score (nSPS) is 11.7. The summed E-state index contributed by atoms with van der Waals surface area (Å²) < 4.78 is 17.7. The number of hydrogen-bond acceptors (Lipinski definition) is 3. The monoisotopic (exact) mass is 267 g/mol. The van der Waals surface area contributed by atoms with Gasteiger partial charge in [0.05, 0.1) is 7.11 Å². The van der Waals surface area contributed by atoms with Gasteiger partial charge in [-0.2, -0.15) is 0 Å². The van der Waals surface area contributed by atoms with Gasteiger partial charge in [-0.15, -0.1) is 0 Å². The van der Waals surface area contributed by atoms with Crippen LogP contribution in [0.3, 0.4) is 0 Å². The molecule has 1 aromatic rings. The Kier molecular flexibility index (Phi) is 5.99. The Morgan fingerprint density at radius 2 is 2.16 bits per heavy atom. The fraction of sp³-hybridized carbons (Fsp3) is 0.429. The predicted molar refractivity (Wildman–Crippen MR) is 69.2 cm³/mol. The largest absolute Gasteiger partial charge is 0.467 e. The molecule has 0 heterocycles. The van der Waals surface area contributed by atoms with Crippen LogP contribution in [0.2, 0.25) is 0 Å². The average Bonchev–Trinajstić information content (AvgIpc) is 2.42. The molecule has 5 heteroatoms. The number of benzene rings is 1. The molecule has 0 spiro atoms. The lowest BCUT2D eigenvalue weighted by Gasteiger charge is -2.16. The maximum absolute atomic E-state index is 13.0. The summed E-state index contributed by atoms with van der Waals surface area (Å²) in [6.45, 7) is 1.99. The van der Waals surface area contributed by atoms with E-state index >= 15 is 0 Å². The number of rotatable bonds is 6. The first-order chi connectivity index (χ1) is 9.08. The highest BCUT2D eigenvalue weighted by molar-refractivity contribution is 5.96. The Labute approximate surface area is 112 Å². The molecule has 0 unspecified atom stereocenters. The molecule has 0 bridgehead atoms. The van der Waals surface area contributed by atoms with Crippen molar-refractivity contribution in [2.45, 2.75) is 32.2 Å². The second-order valence-electron chi connectivity index (χ2n) is 4.20. The van der Waals surface area contributed by atoms with Crippen molar-refractivity contribution in [2.24, 2.45) is 0 Å². The number of carbonyl (C=O) groups is 2. The van der Waals surface area contributed by atoms with Gasteiger partial charge in [-0.3, -0.25) is 4.79 Å². The fourth-order valence-corrected chi connectivity index (χ4v) is 1.67. The number of ether oxygens (including phenoxy) is 1. The smallest absolute Gasteiger partial charge is 0.328 e. The van der Waals surface area contributed by atoms with Crippen molar-refractivity contribution in [1.82, 2.24) is 5.32 Å². The number of nitrogens with one attached hydrogen (secondary N) is 1. The SMILES string of the molecule is CCCC[C@@H](NC(=O)c1cccc(F)c1)C(=O)OC. The molecule has 1 rings (SSSR count). The zero-order chi connectivity index (χ0) is 14.3. The van der Waals surface area contributed by atoms with Crippen molar-refractivity contribution in [3.63, 3.8) is 0 Å². The Balaban J connectivity index is 2.72. The summed E-state index contributed by atoms with van der Waals surface area (Å²) in [7, 11) is 1.27. The first-order valence-electron chi connectivity index (χ1n) is 6.22. The minimum atomic E-state index is -0.694. The van der Waals surface area contributed by atoms with E-state index in [4.69, 9.17) is 0 Å². The highest BCUT2D eigenvalue weighted by Crippen LogP contribution is 2.07. The van der Waals surface area contributed by atoms with E-state index in [-0.39, 0.29) is 5.56 Å². The van der Waals surface area contributed by atoms with Crippen LogP contribution in [-0.4, -0.2) is 25.0 Å². The summed E-state index contributed by atoms with van der Waals surface area (Å²) in [6, 6.07) is 4.63.